The molecule has 132 valence electrons. The van der Waals surface area contributed by atoms with E-state index in [0.29, 0.717) is 17.8 Å². The molecule has 0 bridgehead atoms. The van der Waals surface area contributed by atoms with Gasteiger partial charge < -0.3 is 15.7 Å². The number of carbonyl (C=O) groups is 2. The Bertz CT molecular complexity index is 941. The van der Waals surface area contributed by atoms with Crippen LogP contribution in [0.25, 0.3) is 0 Å². The first-order valence-electron chi connectivity index (χ1n) is 8.15. The number of nitrogens with zero attached hydrogens (tertiary/aromatic N) is 2. The molecule has 0 spiro atoms. The third kappa shape index (κ3) is 2.43. The van der Waals surface area contributed by atoms with Gasteiger partial charge in [-0.15, -0.1) is 0 Å². The van der Waals surface area contributed by atoms with E-state index in [1.165, 1.54) is 4.90 Å². The van der Waals surface area contributed by atoms with Crippen LogP contribution in [-0.2, 0) is 21.7 Å². The highest BCUT2D eigenvalue weighted by molar-refractivity contribution is 8.15. The number of aryl methyl sites for hydroxylation is 1. The standard InChI is InChI=1S/C19H17N3O3S/c1-11-6-8-12(9-7-11)10-22-14-5-3-2-4-13(14)19(25,17(22)24)15-16(23)21-18(20)26-15/h2-9,15,25H,10H2,1H3,(H2,20,21,23). The molecule has 7 heteroatoms. The Morgan fingerprint density at radius 1 is 1.19 bits per heavy atom. The number of aliphatic hydroxyl groups is 1. The summed E-state index contributed by atoms with van der Waals surface area (Å²) in [5, 5.41) is 10.3. The van der Waals surface area contributed by atoms with E-state index < -0.39 is 22.7 Å². The maximum absolute atomic E-state index is 13.2. The van der Waals surface area contributed by atoms with Crippen LogP contribution in [0.5, 0.6) is 0 Å². The molecule has 0 saturated heterocycles. The molecule has 0 radical (unpaired) electrons. The van der Waals surface area contributed by atoms with Gasteiger partial charge in [0.05, 0.1) is 12.2 Å². The van der Waals surface area contributed by atoms with Gasteiger partial charge in [0.25, 0.3) is 11.8 Å². The summed E-state index contributed by atoms with van der Waals surface area (Å²) in [5.41, 5.74) is 6.72. The molecule has 0 aliphatic carbocycles. The Morgan fingerprint density at radius 2 is 1.88 bits per heavy atom. The van der Waals surface area contributed by atoms with Crippen LogP contribution in [-0.4, -0.2) is 27.3 Å². The van der Waals surface area contributed by atoms with Gasteiger partial charge in [-0.2, -0.15) is 4.99 Å². The largest absolute Gasteiger partial charge is 0.378 e. The topological polar surface area (TPSA) is 96.0 Å². The lowest BCUT2D eigenvalue weighted by molar-refractivity contribution is -0.140. The van der Waals surface area contributed by atoms with E-state index >= 15 is 0 Å². The van der Waals surface area contributed by atoms with Crippen molar-refractivity contribution >= 4 is 34.4 Å². The van der Waals surface area contributed by atoms with Crippen molar-refractivity contribution in [1.82, 2.24) is 0 Å². The first-order chi connectivity index (χ1) is 12.4. The van der Waals surface area contributed by atoms with Crippen molar-refractivity contribution in [3.63, 3.8) is 0 Å². The Kier molecular flexibility index (Phi) is 3.86. The number of benzene rings is 2. The quantitative estimate of drug-likeness (QED) is 0.861. The van der Waals surface area contributed by atoms with E-state index in [0.717, 1.165) is 22.9 Å². The van der Waals surface area contributed by atoms with E-state index in [9.17, 15) is 14.7 Å². The van der Waals surface area contributed by atoms with Crippen molar-refractivity contribution in [2.45, 2.75) is 24.3 Å². The summed E-state index contributed by atoms with van der Waals surface area (Å²) in [6, 6.07) is 14.8. The number of amidine groups is 1. The molecular weight excluding hydrogens is 350 g/mol. The second-order valence-corrected chi connectivity index (χ2v) is 7.57. The van der Waals surface area contributed by atoms with Crippen molar-refractivity contribution in [3.05, 3.63) is 65.2 Å². The summed E-state index contributed by atoms with van der Waals surface area (Å²) < 4.78 is 0. The normalized spacial score (nSPS) is 24.8. The van der Waals surface area contributed by atoms with Crippen LogP contribution in [0, 0.1) is 6.92 Å². The molecule has 26 heavy (non-hydrogen) atoms. The number of hydrogen-bond donors (Lipinski definition) is 2. The van der Waals surface area contributed by atoms with E-state index in [-0.39, 0.29) is 5.17 Å². The maximum Gasteiger partial charge on any atom is 0.265 e. The van der Waals surface area contributed by atoms with Crippen LogP contribution in [0.2, 0.25) is 0 Å². The van der Waals surface area contributed by atoms with Crippen LogP contribution in [0.3, 0.4) is 0 Å². The van der Waals surface area contributed by atoms with Crippen LogP contribution < -0.4 is 10.6 Å². The third-order valence-corrected chi connectivity index (χ3v) is 5.81. The number of anilines is 1. The number of carbonyl (C=O) groups excluding carboxylic acids is 2. The molecule has 2 aromatic rings. The number of hydrogen-bond acceptors (Lipinski definition) is 5. The molecular formula is C19H17N3O3S. The van der Waals surface area contributed by atoms with Crippen LogP contribution in [0.1, 0.15) is 16.7 Å². The Balaban J connectivity index is 1.75. The van der Waals surface area contributed by atoms with Crippen LogP contribution in [0.4, 0.5) is 5.69 Å². The van der Waals surface area contributed by atoms with E-state index in [1.807, 2.05) is 31.2 Å². The molecule has 6 nitrogen and oxygen atoms in total. The lowest BCUT2D eigenvalue weighted by Gasteiger charge is -2.26. The highest BCUT2D eigenvalue weighted by Gasteiger charge is 2.59. The lowest BCUT2D eigenvalue weighted by Crippen LogP contribution is -2.49. The molecule has 2 aromatic carbocycles. The van der Waals surface area contributed by atoms with E-state index in [4.69, 9.17) is 5.73 Å². The summed E-state index contributed by atoms with van der Waals surface area (Å²) in [6.07, 6.45) is 0. The predicted molar refractivity (Wildman–Crippen MR) is 101 cm³/mol. The van der Waals surface area contributed by atoms with Gasteiger partial charge in [-0.1, -0.05) is 59.8 Å². The predicted octanol–water partition coefficient (Wildman–Crippen LogP) is 1.69. The van der Waals surface area contributed by atoms with Gasteiger partial charge in [0.1, 0.15) is 5.25 Å². The molecule has 2 aliphatic rings. The Hall–Kier alpha value is -2.64. The highest BCUT2D eigenvalue weighted by atomic mass is 32.2. The number of aliphatic imine (C=N–C) groups is 1. The zero-order valence-electron chi connectivity index (χ0n) is 14.0. The summed E-state index contributed by atoms with van der Waals surface area (Å²) >= 11 is 0.928. The van der Waals surface area contributed by atoms with Gasteiger partial charge in [-0.25, -0.2) is 0 Å². The number of rotatable bonds is 3. The molecule has 2 atom stereocenters. The second-order valence-electron chi connectivity index (χ2n) is 6.45. The number of amides is 2. The summed E-state index contributed by atoms with van der Waals surface area (Å²) in [6.45, 7) is 2.30. The smallest absolute Gasteiger partial charge is 0.265 e. The summed E-state index contributed by atoms with van der Waals surface area (Å²) in [5.74, 6) is -1.12. The van der Waals surface area contributed by atoms with Gasteiger partial charge in [0.15, 0.2) is 10.8 Å². The van der Waals surface area contributed by atoms with E-state index in [1.54, 1.807) is 24.3 Å². The molecule has 0 saturated carbocycles. The maximum atomic E-state index is 13.2. The monoisotopic (exact) mass is 367 g/mol. The Morgan fingerprint density at radius 3 is 2.54 bits per heavy atom. The van der Waals surface area contributed by atoms with Gasteiger partial charge in [-0.05, 0) is 18.6 Å². The fourth-order valence-corrected chi connectivity index (χ4v) is 4.31. The molecule has 2 unspecified atom stereocenters. The van der Waals surface area contributed by atoms with Crippen molar-refractivity contribution < 1.29 is 14.7 Å². The molecule has 2 heterocycles. The highest BCUT2D eigenvalue weighted by Crippen LogP contribution is 2.47. The fourth-order valence-electron chi connectivity index (χ4n) is 3.38. The molecule has 4 rings (SSSR count). The molecule has 0 aromatic heterocycles. The second kappa shape index (κ2) is 5.96. The number of para-hydroxylation sites is 1. The SMILES string of the molecule is Cc1ccc(CN2C(=O)C(O)(C3SC(N)=NC3=O)c3ccccc32)cc1. The first kappa shape index (κ1) is 16.8. The lowest BCUT2D eigenvalue weighted by atomic mass is 9.91. The number of fused-ring (bicyclic) bond motifs is 1. The Labute approximate surface area is 154 Å². The summed E-state index contributed by atoms with van der Waals surface area (Å²) in [7, 11) is 0. The van der Waals surface area contributed by atoms with Crippen LogP contribution in [0.15, 0.2) is 53.5 Å². The average Bonchev–Trinajstić information content (AvgIpc) is 3.08. The van der Waals surface area contributed by atoms with Crippen LogP contribution >= 0.6 is 11.8 Å². The summed E-state index contributed by atoms with van der Waals surface area (Å²) in [4.78, 5) is 30.6. The third-order valence-electron chi connectivity index (χ3n) is 4.70. The van der Waals surface area contributed by atoms with Crippen molar-refractivity contribution in [2.75, 3.05) is 4.90 Å². The molecule has 3 N–H and O–H groups in total. The molecule has 0 fully saturated rings. The van der Waals surface area contributed by atoms with Crippen molar-refractivity contribution in [1.29, 1.82) is 0 Å². The van der Waals surface area contributed by atoms with Gasteiger partial charge >= 0.3 is 0 Å². The molecule has 2 amide bonds. The van der Waals surface area contributed by atoms with E-state index in [2.05, 4.69) is 4.99 Å². The molecule has 2 aliphatic heterocycles. The van der Waals surface area contributed by atoms with Gasteiger partial charge in [0, 0.05) is 5.56 Å². The minimum Gasteiger partial charge on any atom is -0.378 e. The fraction of sp³-hybridized carbons (Fsp3) is 0.211. The van der Waals surface area contributed by atoms with Crippen molar-refractivity contribution in [3.8, 4) is 0 Å². The van der Waals surface area contributed by atoms with Gasteiger partial charge in [-0.3, -0.25) is 9.59 Å². The minimum atomic E-state index is -1.98. The average molecular weight is 367 g/mol. The zero-order valence-corrected chi connectivity index (χ0v) is 14.9. The van der Waals surface area contributed by atoms with Crippen molar-refractivity contribution in [2.24, 2.45) is 10.7 Å². The van der Waals surface area contributed by atoms with Gasteiger partial charge in [0.2, 0.25) is 0 Å². The number of thioether (sulfide) groups is 1. The zero-order chi connectivity index (χ0) is 18.5. The number of nitrogens with two attached hydrogens (primary N) is 1. The minimum absolute atomic E-state index is 0.0655. The first-order valence-corrected chi connectivity index (χ1v) is 9.03.